The number of aromatic nitrogens is 2. The van der Waals surface area contributed by atoms with Crippen LogP contribution in [-0.4, -0.2) is 27.0 Å². The second-order valence-electron chi connectivity index (χ2n) is 6.18. The molecule has 2 heterocycles. The first-order valence-corrected chi connectivity index (χ1v) is 8.48. The van der Waals surface area contributed by atoms with Crippen LogP contribution in [0.5, 0.6) is 0 Å². The van der Waals surface area contributed by atoms with Crippen LogP contribution in [0, 0.1) is 6.92 Å². The number of aryl methyl sites for hydroxylation is 3. The molecule has 0 fully saturated rings. The van der Waals surface area contributed by atoms with Crippen molar-refractivity contribution in [1.29, 1.82) is 0 Å². The first kappa shape index (κ1) is 17.1. The summed E-state index contributed by atoms with van der Waals surface area (Å²) in [5.41, 5.74) is 1.70. The van der Waals surface area contributed by atoms with Crippen molar-refractivity contribution in [3.63, 3.8) is 0 Å². The SMILES string of the molecule is CCn1c(=O)n(CCC(=O)N(C)Cc2ccc(C)o2)c2ccccc21. The van der Waals surface area contributed by atoms with E-state index >= 15 is 0 Å². The van der Waals surface area contributed by atoms with E-state index in [0.717, 1.165) is 22.6 Å². The molecular weight excluding hydrogens is 318 g/mol. The number of carbonyl (C=O) groups is 1. The molecule has 0 bridgehead atoms. The molecule has 0 saturated heterocycles. The van der Waals surface area contributed by atoms with Crippen LogP contribution in [-0.2, 0) is 24.4 Å². The summed E-state index contributed by atoms with van der Waals surface area (Å²) >= 11 is 0. The van der Waals surface area contributed by atoms with E-state index in [-0.39, 0.29) is 18.0 Å². The summed E-state index contributed by atoms with van der Waals surface area (Å²) in [7, 11) is 1.75. The van der Waals surface area contributed by atoms with Gasteiger partial charge in [-0.2, -0.15) is 0 Å². The molecule has 0 unspecified atom stereocenters. The van der Waals surface area contributed by atoms with Gasteiger partial charge in [0.15, 0.2) is 0 Å². The Balaban J connectivity index is 1.73. The minimum atomic E-state index is -0.0687. The number of para-hydroxylation sites is 2. The van der Waals surface area contributed by atoms with Gasteiger partial charge in [-0.05, 0) is 38.1 Å². The predicted octanol–water partition coefficient (Wildman–Crippen LogP) is 2.77. The van der Waals surface area contributed by atoms with Crippen LogP contribution in [0.15, 0.2) is 45.6 Å². The zero-order chi connectivity index (χ0) is 18.0. The average molecular weight is 341 g/mol. The van der Waals surface area contributed by atoms with Crippen LogP contribution < -0.4 is 5.69 Å². The molecule has 1 amide bonds. The number of hydrogen-bond acceptors (Lipinski definition) is 3. The molecule has 6 heteroatoms. The Bertz CT molecular complexity index is 948. The number of amides is 1. The molecule has 132 valence electrons. The van der Waals surface area contributed by atoms with Gasteiger partial charge in [-0.3, -0.25) is 13.9 Å². The largest absolute Gasteiger partial charge is 0.464 e. The molecule has 3 aromatic rings. The molecule has 0 aliphatic carbocycles. The summed E-state index contributed by atoms with van der Waals surface area (Å²) in [4.78, 5) is 26.6. The Morgan fingerprint density at radius 2 is 1.80 bits per heavy atom. The molecule has 0 radical (unpaired) electrons. The lowest BCUT2D eigenvalue weighted by Crippen LogP contribution is -2.29. The predicted molar refractivity (Wildman–Crippen MR) is 96.4 cm³/mol. The Kier molecular flexibility index (Phi) is 4.79. The minimum Gasteiger partial charge on any atom is -0.464 e. The number of imidazole rings is 1. The van der Waals surface area contributed by atoms with Gasteiger partial charge >= 0.3 is 5.69 Å². The van der Waals surface area contributed by atoms with Crippen molar-refractivity contribution < 1.29 is 9.21 Å². The van der Waals surface area contributed by atoms with E-state index in [1.807, 2.05) is 50.2 Å². The van der Waals surface area contributed by atoms with Gasteiger partial charge in [0, 0.05) is 26.6 Å². The summed E-state index contributed by atoms with van der Waals surface area (Å²) in [5, 5.41) is 0. The third-order valence-electron chi connectivity index (χ3n) is 4.41. The molecule has 1 aromatic carbocycles. The number of fused-ring (bicyclic) bond motifs is 1. The zero-order valence-corrected chi connectivity index (χ0v) is 14.9. The molecule has 0 aliphatic heterocycles. The van der Waals surface area contributed by atoms with Crippen LogP contribution in [0.3, 0.4) is 0 Å². The lowest BCUT2D eigenvalue weighted by Gasteiger charge is -2.15. The van der Waals surface area contributed by atoms with E-state index in [9.17, 15) is 9.59 Å². The number of hydrogen-bond donors (Lipinski definition) is 0. The van der Waals surface area contributed by atoms with Crippen LogP contribution in [0.25, 0.3) is 11.0 Å². The van der Waals surface area contributed by atoms with Gasteiger partial charge in [-0.25, -0.2) is 4.79 Å². The molecule has 6 nitrogen and oxygen atoms in total. The molecule has 0 aliphatic rings. The summed E-state index contributed by atoms with van der Waals surface area (Å²) in [5.74, 6) is 1.57. The Morgan fingerprint density at radius 3 is 2.40 bits per heavy atom. The standard InChI is InChI=1S/C19H23N3O3/c1-4-21-16-7-5-6-8-17(16)22(19(21)24)12-11-18(23)20(3)13-15-10-9-14(2)25-15/h5-10H,4,11-13H2,1-3H3. The van der Waals surface area contributed by atoms with Crippen molar-refractivity contribution in [2.24, 2.45) is 0 Å². The van der Waals surface area contributed by atoms with Gasteiger partial charge in [0.2, 0.25) is 5.91 Å². The fraction of sp³-hybridized carbons (Fsp3) is 0.368. The topological polar surface area (TPSA) is 60.4 Å². The maximum atomic E-state index is 12.6. The zero-order valence-electron chi connectivity index (χ0n) is 14.9. The number of furan rings is 1. The number of carbonyl (C=O) groups excluding carboxylic acids is 1. The fourth-order valence-electron chi connectivity index (χ4n) is 3.08. The summed E-state index contributed by atoms with van der Waals surface area (Å²) in [6, 6.07) is 11.4. The van der Waals surface area contributed by atoms with Crippen molar-refractivity contribution in [2.45, 2.75) is 39.9 Å². The van der Waals surface area contributed by atoms with Crippen molar-refractivity contribution in [1.82, 2.24) is 14.0 Å². The van der Waals surface area contributed by atoms with Gasteiger partial charge in [0.1, 0.15) is 11.5 Å². The van der Waals surface area contributed by atoms with Gasteiger partial charge in [-0.15, -0.1) is 0 Å². The highest BCUT2D eigenvalue weighted by Gasteiger charge is 2.15. The van der Waals surface area contributed by atoms with Crippen LogP contribution in [0.2, 0.25) is 0 Å². The third-order valence-corrected chi connectivity index (χ3v) is 4.41. The molecule has 25 heavy (non-hydrogen) atoms. The molecule has 0 saturated carbocycles. The van der Waals surface area contributed by atoms with Gasteiger partial charge < -0.3 is 9.32 Å². The van der Waals surface area contributed by atoms with Crippen molar-refractivity contribution in [3.05, 3.63) is 58.4 Å². The number of rotatable bonds is 6. The second kappa shape index (κ2) is 7.01. The minimum absolute atomic E-state index is 0.0192. The fourth-order valence-corrected chi connectivity index (χ4v) is 3.08. The van der Waals surface area contributed by atoms with Gasteiger partial charge in [0.05, 0.1) is 17.6 Å². The summed E-state index contributed by atoms with van der Waals surface area (Å²) in [6.07, 6.45) is 0.272. The lowest BCUT2D eigenvalue weighted by molar-refractivity contribution is -0.130. The van der Waals surface area contributed by atoms with E-state index < -0.39 is 0 Å². The molecule has 0 N–H and O–H groups in total. The Hall–Kier alpha value is -2.76. The van der Waals surface area contributed by atoms with Crippen molar-refractivity contribution in [3.8, 4) is 0 Å². The van der Waals surface area contributed by atoms with E-state index in [2.05, 4.69) is 0 Å². The molecule has 3 rings (SSSR count). The molecular formula is C19H23N3O3. The highest BCUT2D eigenvalue weighted by Crippen LogP contribution is 2.14. The van der Waals surface area contributed by atoms with E-state index in [1.54, 1.807) is 21.1 Å². The van der Waals surface area contributed by atoms with Gasteiger partial charge in [0.25, 0.3) is 0 Å². The maximum Gasteiger partial charge on any atom is 0.329 e. The monoisotopic (exact) mass is 341 g/mol. The summed E-state index contributed by atoms with van der Waals surface area (Å²) < 4.78 is 8.92. The highest BCUT2D eigenvalue weighted by atomic mass is 16.3. The first-order valence-electron chi connectivity index (χ1n) is 8.48. The van der Waals surface area contributed by atoms with E-state index in [4.69, 9.17) is 4.42 Å². The highest BCUT2D eigenvalue weighted by molar-refractivity contribution is 5.78. The number of benzene rings is 1. The molecule has 2 aromatic heterocycles. The summed E-state index contributed by atoms with van der Waals surface area (Å²) in [6.45, 7) is 5.23. The quantitative estimate of drug-likeness (QED) is 0.693. The third kappa shape index (κ3) is 3.38. The average Bonchev–Trinajstić information content (AvgIpc) is 3.12. The van der Waals surface area contributed by atoms with Crippen LogP contribution >= 0.6 is 0 Å². The van der Waals surface area contributed by atoms with Crippen molar-refractivity contribution in [2.75, 3.05) is 7.05 Å². The Labute approximate surface area is 146 Å². The number of nitrogens with zero attached hydrogens (tertiary/aromatic N) is 3. The van der Waals surface area contributed by atoms with Gasteiger partial charge in [-0.1, -0.05) is 12.1 Å². The van der Waals surface area contributed by atoms with Crippen molar-refractivity contribution >= 4 is 16.9 Å². The molecule has 0 spiro atoms. The van der Waals surface area contributed by atoms with E-state index in [1.165, 1.54) is 0 Å². The smallest absolute Gasteiger partial charge is 0.329 e. The Morgan fingerprint density at radius 1 is 1.12 bits per heavy atom. The first-order chi connectivity index (χ1) is 12.0. The lowest BCUT2D eigenvalue weighted by atomic mass is 10.3. The second-order valence-corrected chi connectivity index (χ2v) is 6.18. The van der Waals surface area contributed by atoms with Crippen LogP contribution in [0.1, 0.15) is 24.9 Å². The normalized spacial score (nSPS) is 11.2. The van der Waals surface area contributed by atoms with E-state index in [0.29, 0.717) is 19.6 Å². The van der Waals surface area contributed by atoms with Crippen LogP contribution in [0.4, 0.5) is 0 Å². The maximum absolute atomic E-state index is 12.6. The molecule has 0 atom stereocenters.